The van der Waals surface area contributed by atoms with Crippen molar-refractivity contribution in [3.8, 4) is 5.75 Å². The number of aliphatic imine (C=N–C) groups is 1. The molecular weight excluding hydrogens is 475 g/mol. The molecule has 2 heterocycles. The van der Waals surface area contributed by atoms with Gasteiger partial charge in [-0.1, -0.05) is 18.2 Å². The van der Waals surface area contributed by atoms with Crippen molar-refractivity contribution in [2.24, 2.45) is 4.99 Å². The van der Waals surface area contributed by atoms with Gasteiger partial charge in [0.25, 0.3) is 0 Å². The minimum absolute atomic E-state index is 0. The van der Waals surface area contributed by atoms with Crippen LogP contribution in [0.15, 0.2) is 29.3 Å². The van der Waals surface area contributed by atoms with Crippen LogP contribution in [0.25, 0.3) is 0 Å². The summed E-state index contributed by atoms with van der Waals surface area (Å²) in [6.07, 6.45) is 11.1. The van der Waals surface area contributed by atoms with E-state index in [1.807, 2.05) is 7.05 Å². The number of likely N-dealkylation sites (tertiary alicyclic amines) is 1. The minimum atomic E-state index is 0. The first-order valence-electron chi connectivity index (χ1n) is 11.3. The predicted molar refractivity (Wildman–Crippen MR) is 130 cm³/mol. The van der Waals surface area contributed by atoms with E-state index in [1.54, 1.807) is 0 Å². The van der Waals surface area contributed by atoms with Gasteiger partial charge in [0.05, 0.1) is 6.04 Å². The summed E-state index contributed by atoms with van der Waals surface area (Å²) in [5.41, 5.74) is 1.28. The molecule has 1 aromatic rings. The molecule has 2 N–H and O–H groups in total. The van der Waals surface area contributed by atoms with Crippen molar-refractivity contribution in [1.82, 2.24) is 15.5 Å². The second-order valence-corrected chi connectivity index (χ2v) is 8.69. The molecule has 4 rings (SSSR count). The van der Waals surface area contributed by atoms with Crippen molar-refractivity contribution in [3.63, 3.8) is 0 Å². The molecule has 6 heteroatoms. The van der Waals surface area contributed by atoms with E-state index >= 15 is 0 Å². The van der Waals surface area contributed by atoms with E-state index in [4.69, 9.17) is 4.74 Å². The Morgan fingerprint density at radius 3 is 2.66 bits per heavy atom. The maximum absolute atomic E-state index is 6.48. The van der Waals surface area contributed by atoms with Crippen molar-refractivity contribution in [1.29, 1.82) is 0 Å². The smallest absolute Gasteiger partial charge is 0.191 e. The number of hydrogen-bond donors (Lipinski definition) is 2. The minimum Gasteiger partial charge on any atom is -0.487 e. The second-order valence-electron chi connectivity index (χ2n) is 8.69. The van der Waals surface area contributed by atoms with E-state index in [1.165, 1.54) is 76.6 Å². The van der Waals surface area contributed by atoms with Crippen molar-refractivity contribution in [3.05, 3.63) is 29.8 Å². The maximum atomic E-state index is 6.48. The molecule has 1 spiro atoms. The van der Waals surface area contributed by atoms with Crippen LogP contribution in [0.3, 0.4) is 0 Å². The number of ether oxygens (including phenoxy) is 1. The average Bonchev–Trinajstić information content (AvgIpc) is 3.39. The van der Waals surface area contributed by atoms with E-state index < -0.39 is 0 Å². The predicted octanol–water partition coefficient (Wildman–Crippen LogP) is 4.48. The Balaban J connectivity index is 0.00000240. The van der Waals surface area contributed by atoms with Gasteiger partial charge in [0.15, 0.2) is 5.96 Å². The van der Waals surface area contributed by atoms with Crippen LogP contribution in [0.5, 0.6) is 5.75 Å². The van der Waals surface area contributed by atoms with Gasteiger partial charge < -0.3 is 20.3 Å². The topological polar surface area (TPSA) is 48.9 Å². The fraction of sp³-hybridized carbons (Fsp3) is 0.696. The van der Waals surface area contributed by atoms with Crippen LogP contribution in [0.2, 0.25) is 0 Å². The van der Waals surface area contributed by atoms with Crippen LogP contribution in [0, 0.1) is 0 Å². The lowest BCUT2D eigenvalue weighted by molar-refractivity contribution is 0.0396. The van der Waals surface area contributed by atoms with E-state index in [0.29, 0.717) is 0 Å². The fourth-order valence-electron chi connectivity index (χ4n) is 5.11. The Labute approximate surface area is 193 Å². The molecule has 1 saturated carbocycles. The SMILES string of the molecule is CN=C(NCCCCN1CCCC1)NC1CC2(CCCC2)Oc2ccccc21.I. The van der Waals surface area contributed by atoms with Gasteiger partial charge in [0.2, 0.25) is 0 Å². The van der Waals surface area contributed by atoms with Gasteiger partial charge in [-0.2, -0.15) is 0 Å². The summed E-state index contributed by atoms with van der Waals surface area (Å²) in [7, 11) is 1.87. The Bertz CT molecular complexity index is 669. The monoisotopic (exact) mass is 512 g/mol. The molecule has 1 atom stereocenters. The van der Waals surface area contributed by atoms with Crippen LogP contribution in [-0.4, -0.2) is 49.7 Å². The maximum Gasteiger partial charge on any atom is 0.191 e. The number of guanidine groups is 1. The molecule has 162 valence electrons. The van der Waals surface area contributed by atoms with Gasteiger partial charge in [-0.3, -0.25) is 4.99 Å². The summed E-state index contributed by atoms with van der Waals surface area (Å²) in [4.78, 5) is 7.08. The molecule has 29 heavy (non-hydrogen) atoms. The summed E-state index contributed by atoms with van der Waals surface area (Å²) >= 11 is 0. The number of unbranched alkanes of at least 4 members (excludes halogenated alkanes) is 1. The third-order valence-corrected chi connectivity index (χ3v) is 6.64. The highest BCUT2D eigenvalue weighted by Crippen LogP contribution is 2.46. The molecule has 0 bridgehead atoms. The van der Waals surface area contributed by atoms with Crippen LogP contribution in [0.1, 0.15) is 69.4 Å². The number of halogens is 1. The summed E-state index contributed by atoms with van der Waals surface area (Å²) < 4.78 is 6.48. The van der Waals surface area contributed by atoms with Crippen LogP contribution in [-0.2, 0) is 0 Å². The first kappa shape index (κ1) is 22.7. The molecule has 0 aromatic heterocycles. The Morgan fingerprint density at radius 2 is 1.90 bits per heavy atom. The zero-order valence-corrected chi connectivity index (χ0v) is 20.1. The first-order chi connectivity index (χ1) is 13.8. The summed E-state index contributed by atoms with van der Waals surface area (Å²) in [6.45, 7) is 4.80. The quantitative estimate of drug-likeness (QED) is 0.256. The van der Waals surface area contributed by atoms with E-state index in [0.717, 1.165) is 24.7 Å². The molecular formula is C23H37IN4O. The number of nitrogens with zero attached hydrogens (tertiary/aromatic N) is 2. The number of benzene rings is 1. The van der Waals surface area contributed by atoms with Crippen molar-refractivity contribution < 1.29 is 4.74 Å². The molecule has 0 radical (unpaired) electrons. The molecule has 2 aliphatic heterocycles. The van der Waals surface area contributed by atoms with Gasteiger partial charge in [-0.15, -0.1) is 24.0 Å². The highest BCUT2D eigenvalue weighted by molar-refractivity contribution is 14.0. The lowest BCUT2D eigenvalue weighted by atomic mass is 9.86. The van der Waals surface area contributed by atoms with Gasteiger partial charge in [0.1, 0.15) is 11.4 Å². The lowest BCUT2D eigenvalue weighted by Crippen LogP contribution is -2.46. The van der Waals surface area contributed by atoms with Crippen molar-refractivity contribution in [2.45, 2.75) is 69.4 Å². The van der Waals surface area contributed by atoms with Gasteiger partial charge in [-0.05, 0) is 77.1 Å². The lowest BCUT2D eigenvalue weighted by Gasteiger charge is -2.40. The van der Waals surface area contributed by atoms with Crippen LogP contribution < -0.4 is 15.4 Å². The fourth-order valence-corrected chi connectivity index (χ4v) is 5.11. The molecule has 2 fully saturated rings. The number of hydrogen-bond acceptors (Lipinski definition) is 3. The third kappa shape index (κ3) is 5.78. The van der Waals surface area contributed by atoms with Gasteiger partial charge >= 0.3 is 0 Å². The zero-order valence-electron chi connectivity index (χ0n) is 17.8. The second kappa shape index (κ2) is 10.8. The zero-order chi connectivity index (χ0) is 19.2. The number of para-hydroxylation sites is 1. The Kier molecular flexibility index (Phi) is 8.47. The molecule has 1 saturated heterocycles. The molecule has 0 amide bonds. The number of rotatable bonds is 6. The van der Waals surface area contributed by atoms with Crippen molar-refractivity contribution >= 4 is 29.9 Å². The van der Waals surface area contributed by atoms with E-state index in [-0.39, 0.29) is 35.6 Å². The molecule has 1 unspecified atom stereocenters. The normalized spacial score (nSPS) is 23.3. The van der Waals surface area contributed by atoms with E-state index in [2.05, 4.69) is 44.8 Å². The average molecular weight is 512 g/mol. The van der Waals surface area contributed by atoms with Crippen molar-refractivity contribution in [2.75, 3.05) is 33.2 Å². The molecule has 1 aromatic carbocycles. The molecule has 1 aliphatic carbocycles. The van der Waals surface area contributed by atoms with Crippen LogP contribution in [0.4, 0.5) is 0 Å². The standard InChI is InChI=1S/C23H36N4O.HI/c1-24-22(25-14-6-7-15-27-16-8-9-17-27)26-20-18-23(12-4-5-13-23)28-21-11-3-2-10-19(20)21;/h2-3,10-11,20H,4-9,12-18H2,1H3,(H2,24,25,26);1H. The number of fused-ring (bicyclic) bond motifs is 1. The largest absolute Gasteiger partial charge is 0.487 e. The van der Waals surface area contributed by atoms with Gasteiger partial charge in [0, 0.05) is 25.6 Å². The van der Waals surface area contributed by atoms with Crippen LogP contribution >= 0.6 is 24.0 Å². The Morgan fingerprint density at radius 1 is 1.14 bits per heavy atom. The van der Waals surface area contributed by atoms with E-state index in [9.17, 15) is 0 Å². The third-order valence-electron chi connectivity index (χ3n) is 6.64. The highest BCUT2D eigenvalue weighted by Gasteiger charge is 2.43. The summed E-state index contributed by atoms with van der Waals surface area (Å²) in [5, 5.41) is 7.22. The molecule has 5 nitrogen and oxygen atoms in total. The highest BCUT2D eigenvalue weighted by atomic mass is 127. The number of nitrogens with one attached hydrogen (secondary N) is 2. The first-order valence-corrected chi connectivity index (χ1v) is 11.3. The Hall–Kier alpha value is -1.02. The van der Waals surface area contributed by atoms with Gasteiger partial charge in [-0.25, -0.2) is 0 Å². The summed E-state index contributed by atoms with van der Waals surface area (Å²) in [6, 6.07) is 8.77. The summed E-state index contributed by atoms with van der Waals surface area (Å²) in [5.74, 6) is 1.96. The molecule has 3 aliphatic rings.